The Hall–Kier alpha value is -2.58. The predicted octanol–water partition coefficient (Wildman–Crippen LogP) is 2.52. The maximum absolute atomic E-state index is 8.89. The van der Waals surface area contributed by atoms with Crippen LogP contribution >= 0.6 is 0 Å². The summed E-state index contributed by atoms with van der Waals surface area (Å²) in [5, 5.41) is 17.8. The van der Waals surface area contributed by atoms with Gasteiger partial charge in [0.25, 0.3) is 0 Å². The average Bonchev–Trinajstić information content (AvgIpc) is 2.64. The summed E-state index contributed by atoms with van der Waals surface area (Å²) in [6, 6.07) is 32.8. The van der Waals surface area contributed by atoms with Crippen molar-refractivity contribution in [2.24, 2.45) is 0 Å². The zero-order valence-electron chi connectivity index (χ0n) is 18.0. The molecule has 0 heterocycles. The van der Waals surface area contributed by atoms with Gasteiger partial charge in [-0.25, -0.2) is 0 Å². The van der Waals surface area contributed by atoms with Crippen LogP contribution in [0.3, 0.4) is 0 Å². The first-order valence-electron chi connectivity index (χ1n) is 8.80. The van der Waals surface area contributed by atoms with Crippen molar-refractivity contribution < 1.29 is 19.8 Å². The van der Waals surface area contributed by atoms with Crippen LogP contribution in [0.2, 0.25) is 0 Å². The van der Waals surface area contributed by atoms with Gasteiger partial charge >= 0.3 is 0 Å². The van der Waals surface area contributed by atoms with Crippen LogP contribution in [0.5, 0.6) is 0 Å². The summed E-state index contributed by atoms with van der Waals surface area (Å²) in [6.07, 6.45) is 0. The second kappa shape index (κ2) is 22.7. The summed E-state index contributed by atoms with van der Waals surface area (Å²) in [6.45, 7) is 8.03. The van der Waals surface area contributed by atoms with Crippen molar-refractivity contribution >= 4 is 36.4 Å². The van der Waals surface area contributed by atoms with Gasteiger partial charge in [-0.3, -0.25) is 0 Å². The van der Waals surface area contributed by atoms with E-state index >= 15 is 0 Å². The van der Waals surface area contributed by atoms with Crippen molar-refractivity contribution in [2.75, 3.05) is 0 Å². The van der Waals surface area contributed by atoms with Crippen LogP contribution in [0.4, 0.5) is 0 Å². The third kappa shape index (κ3) is 33.0. The van der Waals surface area contributed by atoms with Gasteiger partial charge in [0.1, 0.15) is 0 Å². The molecule has 30 heavy (non-hydrogen) atoms. The Bertz CT molecular complexity index is 652. The van der Waals surface area contributed by atoms with Gasteiger partial charge < -0.3 is 19.8 Å². The van der Waals surface area contributed by atoms with Crippen molar-refractivity contribution in [3.05, 3.63) is 108 Å². The van der Waals surface area contributed by atoms with Gasteiger partial charge in [0.05, 0.1) is 0 Å². The molecule has 0 aliphatic rings. The molecular weight excluding hydrogens is 486 g/mol. The van der Waals surface area contributed by atoms with Gasteiger partial charge in [0.15, 0.2) is 0 Å². The molecule has 0 atom stereocenters. The molecule has 4 nitrogen and oxygen atoms in total. The van der Waals surface area contributed by atoms with E-state index in [-0.39, 0.29) is 24.4 Å². The number of carboxylic acid groups (broad SMARTS) is 2. The van der Waals surface area contributed by atoms with Gasteiger partial charge in [-0.2, -0.15) is 0 Å². The summed E-state index contributed by atoms with van der Waals surface area (Å²) in [4.78, 5) is 17.8. The molecule has 158 valence electrons. The molecule has 0 aromatic heterocycles. The zero-order valence-corrected chi connectivity index (χ0v) is 20.6. The van der Waals surface area contributed by atoms with Crippen LogP contribution in [0.25, 0.3) is 0 Å². The Morgan fingerprint density at radius 1 is 0.600 bits per heavy atom. The van der Waals surface area contributed by atoms with Crippen molar-refractivity contribution in [2.45, 2.75) is 34.6 Å². The minimum absolute atomic E-state index is 0. The molecule has 5 heteroatoms. The number of hydrogen-bond acceptors (Lipinski definition) is 4. The molecule has 0 fully saturated rings. The monoisotopic (exact) mass is 512 g/mol. The first-order chi connectivity index (χ1) is 13.6. The van der Waals surface area contributed by atoms with Crippen molar-refractivity contribution in [1.82, 2.24) is 0 Å². The van der Waals surface area contributed by atoms with E-state index in [1.165, 1.54) is 16.7 Å². The van der Waals surface area contributed by atoms with E-state index in [0.29, 0.717) is 0 Å². The first-order valence-corrected chi connectivity index (χ1v) is 8.80. The number of benzene rings is 3. The van der Waals surface area contributed by atoms with Crippen molar-refractivity contribution in [3.8, 4) is 0 Å². The summed E-state index contributed by atoms with van der Waals surface area (Å²) in [5.74, 6) is -2.17. The Balaban J connectivity index is -0.000000309. The Morgan fingerprint density at radius 3 is 0.867 bits per heavy atom. The fraction of sp³-hybridized carbons (Fsp3) is 0.200. The van der Waals surface area contributed by atoms with Crippen LogP contribution in [0, 0.1) is 39.0 Å². The normalized spacial score (nSPS) is 7.77. The van der Waals surface area contributed by atoms with Crippen LogP contribution in [-0.4, -0.2) is 36.4 Å². The third-order valence-electron chi connectivity index (χ3n) is 2.59. The van der Waals surface area contributed by atoms with E-state index in [1.807, 2.05) is 93.6 Å². The standard InChI is InChI=1S/3C7H7.2C2H4O2.Sb/c3*1-7-5-3-2-4-6-7;2*1-2(3)4;/h3*2-5H,1H3;2*1H3,(H,3,4);/p-2. The van der Waals surface area contributed by atoms with Crippen LogP contribution in [-0.2, 0) is 9.59 Å². The van der Waals surface area contributed by atoms with Gasteiger partial charge in [0, 0.05) is 36.4 Å². The molecule has 3 rings (SSSR count). The number of carbonyl (C=O) groups excluding carboxylic acids is 2. The zero-order chi connectivity index (χ0) is 22.5. The number of aryl methyl sites for hydroxylation is 3. The van der Waals surface area contributed by atoms with Crippen LogP contribution < -0.4 is 10.2 Å². The second-order valence-electron chi connectivity index (χ2n) is 5.62. The fourth-order valence-corrected chi connectivity index (χ4v) is 1.45. The molecule has 0 unspecified atom stereocenters. The maximum atomic E-state index is 8.89. The molecular formula is C25H27O4Sb-2. The number of aliphatic carboxylic acids is 2. The largest absolute Gasteiger partial charge is 0.550 e. The van der Waals surface area contributed by atoms with E-state index in [2.05, 4.69) is 18.2 Å². The summed E-state index contributed by atoms with van der Waals surface area (Å²) < 4.78 is 0. The second-order valence-corrected chi connectivity index (χ2v) is 5.62. The quantitative estimate of drug-likeness (QED) is 0.433. The average molecular weight is 513 g/mol. The SMILES string of the molecule is CC(=O)[O-].CC(=O)[O-].Cc1[c]cccc1.Cc1[c]cccc1.Cc1[c]cccc1.[Sb]. The minimum atomic E-state index is -1.08. The van der Waals surface area contributed by atoms with Crippen molar-refractivity contribution in [3.63, 3.8) is 0 Å². The van der Waals surface area contributed by atoms with E-state index in [1.54, 1.807) is 0 Å². The van der Waals surface area contributed by atoms with Gasteiger partial charge in [-0.1, -0.05) is 72.8 Å². The van der Waals surface area contributed by atoms with E-state index in [4.69, 9.17) is 19.8 Å². The molecule has 0 amide bonds. The predicted molar refractivity (Wildman–Crippen MR) is 117 cm³/mol. The summed E-state index contributed by atoms with van der Waals surface area (Å²) in [7, 11) is 0. The number of rotatable bonds is 0. The molecule has 0 bridgehead atoms. The minimum Gasteiger partial charge on any atom is -0.550 e. The van der Waals surface area contributed by atoms with Gasteiger partial charge in [-0.15, -0.1) is 0 Å². The Labute approximate surface area is 198 Å². The molecule has 6 radical (unpaired) electrons. The molecule has 0 aliphatic heterocycles. The molecule has 0 spiro atoms. The molecule has 0 N–H and O–H groups in total. The number of carboxylic acids is 2. The fourth-order valence-electron chi connectivity index (χ4n) is 1.45. The summed E-state index contributed by atoms with van der Waals surface area (Å²) >= 11 is 0. The number of carbonyl (C=O) groups is 2. The van der Waals surface area contributed by atoms with E-state index in [9.17, 15) is 0 Å². The topological polar surface area (TPSA) is 80.3 Å². The van der Waals surface area contributed by atoms with Gasteiger partial charge in [0.2, 0.25) is 0 Å². The van der Waals surface area contributed by atoms with E-state index < -0.39 is 11.9 Å². The van der Waals surface area contributed by atoms with Crippen LogP contribution in [0.15, 0.2) is 72.8 Å². The maximum Gasteiger partial charge on any atom is 0.0383 e. The van der Waals surface area contributed by atoms with Crippen molar-refractivity contribution in [1.29, 1.82) is 0 Å². The van der Waals surface area contributed by atoms with Gasteiger partial charge in [-0.05, 0) is 69.5 Å². The summed E-state index contributed by atoms with van der Waals surface area (Å²) in [5.41, 5.74) is 3.59. The van der Waals surface area contributed by atoms with Crippen LogP contribution in [0.1, 0.15) is 30.5 Å². The Morgan fingerprint density at radius 2 is 0.800 bits per heavy atom. The smallest absolute Gasteiger partial charge is 0.0383 e. The number of hydrogen-bond donors (Lipinski definition) is 0. The Kier molecular flexibility index (Phi) is 24.3. The molecule has 0 saturated heterocycles. The first kappa shape index (κ1) is 32.1. The molecule has 0 saturated carbocycles. The third-order valence-corrected chi connectivity index (χ3v) is 2.59. The van der Waals surface area contributed by atoms with E-state index in [0.717, 1.165) is 13.8 Å². The molecule has 0 aliphatic carbocycles. The molecule has 3 aromatic carbocycles. The molecule has 3 aromatic rings.